The standard InChI is InChI=1S/C32H39FN2O5S/c33-27-15-13-26(14-16-27)31-30(25-6-2-1-3-7-25)32(41-19-18-40-29-8-4-5-17-39-29)34-35(31)20-23-9-11-24(12-10-23)21-38-22-28(36)37/h1-3,6-7,13-16,23-24,29H,4-5,8-12,17-22H2,(H,36,37). The van der Waals surface area contributed by atoms with Crippen LogP contribution in [-0.4, -0.2) is 59.3 Å². The number of aliphatic carboxylic acids is 1. The number of halogens is 1. The third kappa shape index (κ3) is 8.41. The van der Waals surface area contributed by atoms with Crippen molar-refractivity contribution in [3.63, 3.8) is 0 Å². The lowest BCUT2D eigenvalue weighted by Crippen LogP contribution is -2.23. The van der Waals surface area contributed by atoms with Crippen LogP contribution in [0, 0.1) is 17.7 Å². The van der Waals surface area contributed by atoms with Crippen LogP contribution < -0.4 is 0 Å². The van der Waals surface area contributed by atoms with Crippen LogP contribution >= 0.6 is 11.8 Å². The molecule has 1 atom stereocenters. The average molecular weight is 583 g/mol. The molecule has 1 unspecified atom stereocenters. The number of carboxylic acids is 1. The van der Waals surface area contributed by atoms with E-state index in [1.807, 2.05) is 30.3 Å². The molecule has 1 aliphatic carbocycles. The molecule has 0 amide bonds. The summed E-state index contributed by atoms with van der Waals surface area (Å²) in [5, 5.41) is 15.0. The zero-order valence-electron chi connectivity index (χ0n) is 23.4. The number of carbonyl (C=O) groups is 1. The Bertz CT molecular complexity index is 1240. The van der Waals surface area contributed by atoms with Gasteiger partial charge in [-0.3, -0.25) is 4.68 Å². The molecule has 2 aliphatic rings. The fourth-order valence-corrected chi connectivity index (χ4v) is 6.63. The quantitative estimate of drug-likeness (QED) is 0.173. The van der Waals surface area contributed by atoms with Gasteiger partial charge in [-0.1, -0.05) is 30.3 Å². The highest BCUT2D eigenvalue weighted by molar-refractivity contribution is 7.99. The number of carboxylic acid groups (broad SMARTS) is 1. The predicted molar refractivity (Wildman–Crippen MR) is 157 cm³/mol. The van der Waals surface area contributed by atoms with E-state index in [1.54, 1.807) is 11.8 Å². The van der Waals surface area contributed by atoms with Crippen LogP contribution in [0.1, 0.15) is 44.9 Å². The highest BCUT2D eigenvalue weighted by atomic mass is 32.2. The molecule has 2 heterocycles. The number of hydrogen-bond acceptors (Lipinski definition) is 6. The molecule has 5 rings (SSSR count). The van der Waals surface area contributed by atoms with Gasteiger partial charge in [0.1, 0.15) is 17.5 Å². The molecule has 2 fully saturated rings. The molecule has 0 spiro atoms. The minimum atomic E-state index is -0.928. The van der Waals surface area contributed by atoms with Crippen molar-refractivity contribution in [1.29, 1.82) is 0 Å². The summed E-state index contributed by atoms with van der Waals surface area (Å²) in [4.78, 5) is 10.8. The Morgan fingerprint density at radius 2 is 1.76 bits per heavy atom. The highest BCUT2D eigenvalue weighted by Gasteiger charge is 2.26. The number of rotatable bonds is 13. The normalized spacial score (nSPS) is 21.1. The lowest BCUT2D eigenvalue weighted by Gasteiger charge is -2.28. The van der Waals surface area contributed by atoms with E-state index < -0.39 is 5.97 Å². The van der Waals surface area contributed by atoms with Crippen molar-refractivity contribution in [2.24, 2.45) is 11.8 Å². The molecule has 41 heavy (non-hydrogen) atoms. The van der Waals surface area contributed by atoms with Gasteiger partial charge >= 0.3 is 5.97 Å². The van der Waals surface area contributed by atoms with E-state index in [9.17, 15) is 9.18 Å². The minimum Gasteiger partial charge on any atom is -0.480 e. The molecule has 1 aromatic heterocycles. The van der Waals surface area contributed by atoms with Gasteiger partial charge in [-0.2, -0.15) is 5.10 Å². The predicted octanol–water partition coefficient (Wildman–Crippen LogP) is 6.90. The first-order valence-corrected chi connectivity index (χ1v) is 15.6. The van der Waals surface area contributed by atoms with E-state index >= 15 is 0 Å². The van der Waals surface area contributed by atoms with Crippen LogP contribution in [0.5, 0.6) is 0 Å². The van der Waals surface area contributed by atoms with Crippen molar-refractivity contribution < 1.29 is 28.5 Å². The van der Waals surface area contributed by atoms with Gasteiger partial charge in [0.15, 0.2) is 6.29 Å². The number of thioether (sulfide) groups is 1. The van der Waals surface area contributed by atoms with Crippen LogP contribution in [0.25, 0.3) is 22.4 Å². The van der Waals surface area contributed by atoms with E-state index in [0.717, 1.165) is 91.3 Å². The molecule has 7 nitrogen and oxygen atoms in total. The molecule has 1 saturated heterocycles. The van der Waals surface area contributed by atoms with Crippen molar-refractivity contribution >= 4 is 17.7 Å². The van der Waals surface area contributed by atoms with Gasteiger partial charge in [0.2, 0.25) is 0 Å². The van der Waals surface area contributed by atoms with Gasteiger partial charge in [-0.25, -0.2) is 9.18 Å². The summed E-state index contributed by atoms with van der Waals surface area (Å²) in [6.07, 6.45) is 7.13. The van der Waals surface area contributed by atoms with Crippen molar-refractivity contribution in [2.45, 2.75) is 62.8 Å². The summed E-state index contributed by atoms with van der Waals surface area (Å²) < 4.78 is 33.1. The van der Waals surface area contributed by atoms with E-state index in [1.165, 1.54) is 12.1 Å². The zero-order valence-corrected chi connectivity index (χ0v) is 24.2. The topological polar surface area (TPSA) is 82.8 Å². The van der Waals surface area contributed by atoms with E-state index in [0.29, 0.717) is 25.0 Å². The van der Waals surface area contributed by atoms with E-state index in [-0.39, 0.29) is 18.7 Å². The smallest absolute Gasteiger partial charge is 0.329 e. The largest absolute Gasteiger partial charge is 0.480 e. The lowest BCUT2D eigenvalue weighted by atomic mass is 9.82. The SMILES string of the molecule is O=C(O)COCC1CCC(Cn2nc(SCCOC3CCCCO3)c(-c3ccccc3)c2-c2ccc(F)cc2)CC1. The van der Waals surface area contributed by atoms with Crippen LogP contribution in [-0.2, 0) is 25.5 Å². The molecule has 9 heteroatoms. The maximum atomic E-state index is 13.9. The Kier molecular flexibility index (Phi) is 10.9. The first-order chi connectivity index (χ1) is 20.1. The molecule has 0 radical (unpaired) electrons. The molecule has 2 aromatic carbocycles. The molecule has 3 aromatic rings. The molecule has 0 bridgehead atoms. The summed E-state index contributed by atoms with van der Waals surface area (Å²) >= 11 is 1.69. The number of hydrogen-bond donors (Lipinski definition) is 1. The lowest BCUT2D eigenvalue weighted by molar-refractivity contribution is -0.158. The summed E-state index contributed by atoms with van der Waals surface area (Å²) in [6.45, 7) is 2.36. The Labute approximate surface area is 245 Å². The summed E-state index contributed by atoms with van der Waals surface area (Å²) in [5.41, 5.74) is 4.08. The summed E-state index contributed by atoms with van der Waals surface area (Å²) in [6, 6.07) is 17.0. The maximum absolute atomic E-state index is 13.9. The first-order valence-electron chi connectivity index (χ1n) is 14.6. The Morgan fingerprint density at radius 1 is 1.00 bits per heavy atom. The minimum absolute atomic E-state index is 0.116. The van der Waals surface area contributed by atoms with Crippen LogP contribution in [0.2, 0.25) is 0 Å². The summed E-state index contributed by atoms with van der Waals surface area (Å²) in [7, 11) is 0. The molecule has 1 saturated carbocycles. The maximum Gasteiger partial charge on any atom is 0.329 e. The molecule has 220 valence electrons. The fraction of sp³-hybridized carbons (Fsp3) is 0.500. The second kappa shape index (κ2) is 15.0. The third-order valence-electron chi connectivity index (χ3n) is 7.84. The fourth-order valence-electron chi connectivity index (χ4n) is 5.74. The van der Waals surface area contributed by atoms with Gasteiger partial charge in [0.05, 0.1) is 18.9 Å². The monoisotopic (exact) mass is 582 g/mol. The average Bonchev–Trinajstić information content (AvgIpc) is 3.35. The first kappa shape index (κ1) is 29.8. The van der Waals surface area contributed by atoms with Gasteiger partial charge in [0, 0.05) is 30.0 Å². The van der Waals surface area contributed by atoms with Crippen LogP contribution in [0.3, 0.4) is 0 Å². The van der Waals surface area contributed by atoms with E-state index in [2.05, 4.69) is 16.8 Å². The summed E-state index contributed by atoms with van der Waals surface area (Å²) in [5.74, 6) is 0.391. The molecule has 1 N–H and O–H groups in total. The van der Waals surface area contributed by atoms with Crippen molar-refractivity contribution in [2.75, 3.05) is 32.2 Å². The second-order valence-corrected chi connectivity index (χ2v) is 12.0. The van der Waals surface area contributed by atoms with Gasteiger partial charge in [0.25, 0.3) is 0 Å². The van der Waals surface area contributed by atoms with Crippen molar-refractivity contribution in [1.82, 2.24) is 9.78 Å². The Morgan fingerprint density at radius 3 is 2.46 bits per heavy atom. The van der Waals surface area contributed by atoms with Gasteiger partial charge in [-0.05, 0) is 86.6 Å². The second-order valence-electron chi connectivity index (χ2n) is 10.9. The molecular formula is C32H39FN2O5S. The van der Waals surface area contributed by atoms with Crippen LogP contribution in [0.4, 0.5) is 4.39 Å². The number of nitrogens with zero attached hydrogens (tertiary/aromatic N) is 2. The molecular weight excluding hydrogens is 543 g/mol. The van der Waals surface area contributed by atoms with Gasteiger partial charge < -0.3 is 19.3 Å². The third-order valence-corrected chi connectivity index (χ3v) is 8.77. The van der Waals surface area contributed by atoms with Gasteiger partial charge in [-0.15, -0.1) is 11.8 Å². The number of ether oxygens (including phenoxy) is 3. The number of aromatic nitrogens is 2. The Balaban J connectivity index is 1.36. The van der Waals surface area contributed by atoms with Crippen molar-refractivity contribution in [3.05, 3.63) is 60.4 Å². The van der Waals surface area contributed by atoms with Crippen molar-refractivity contribution in [3.8, 4) is 22.4 Å². The Hall–Kier alpha value is -2.72. The van der Waals surface area contributed by atoms with Crippen LogP contribution in [0.15, 0.2) is 59.6 Å². The van der Waals surface area contributed by atoms with E-state index in [4.69, 9.17) is 24.4 Å². The highest BCUT2D eigenvalue weighted by Crippen LogP contribution is 2.41. The molecule has 1 aliphatic heterocycles. The number of benzene rings is 2. The zero-order chi connectivity index (χ0) is 28.4.